The van der Waals surface area contributed by atoms with E-state index in [4.69, 9.17) is 5.73 Å². The predicted molar refractivity (Wildman–Crippen MR) is 87.1 cm³/mol. The van der Waals surface area contributed by atoms with Gasteiger partial charge in [0.25, 0.3) is 0 Å². The first-order valence-corrected chi connectivity index (χ1v) is 8.08. The number of thioether (sulfide) groups is 1. The van der Waals surface area contributed by atoms with Gasteiger partial charge in [-0.15, -0.1) is 11.8 Å². The molecule has 0 bridgehead atoms. The van der Waals surface area contributed by atoms with E-state index in [1.165, 1.54) is 27.3 Å². The molecule has 0 spiro atoms. The summed E-state index contributed by atoms with van der Waals surface area (Å²) in [5.41, 5.74) is 11.5. The number of fused-ring (bicyclic) bond motifs is 1. The van der Waals surface area contributed by atoms with Crippen LogP contribution in [-0.4, -0.2) is 5.75 Å². The maximum Gasteiger partial charge on any atom is 0.0436 e. The van der Waals surface area contributed by atoms with E-state index in [0.29, 0.717) is 6.54 Å². The van der Waals surface area contributed by atoms with Crippen LogP contribution in [0.3, 0.4) is 0 Å². The quantitative estimate of drug-likeness (QED) is 0.866. The number of hydrogen-bond donors (Lipinski definition) is 1. The third-order valence-corrected chi connectivity index (χ3v) is 4.78. The minimum Gasteiger partial charge on any atom is -0.363 e. The highest BCUT2D eigenvalue weighted by Gasteiger charge is 2.21. The Balaban J connectivity index is 1.94. The first-order chi connectivity index (χ1) is 9.83. The van der Waals surface area contributed by atoms with Crippen molar-refractivity contribution in [3.8, 4) is 0 Å². The second kappa shape index (κ2) is 5.90. The minimum absolute atomic E-state index is 0.603. The molecule has 2 nitrogen and oxygen atoms in total. The third-order valence-electron chi connectivity index (χ3n) is 3.79. The Morgan fingerprint density at radius 2 is 1.75 bits per heavy atom. The zero-order chi connectivity index (χ0) is 13.9. The second-order valence-electron chi connectivity index (χ2n) is 5.02. The summed E-state index contributed by atoms with van der Waals surface area (Å²) in [7, 11) is 0. The van der Waals surface area contributed by atoms with Crippen molar-refractivity contribution in [2.75, 3.05) is 10.7 Å². The van der Waals surface area contributed by atoms with Gasteiger partial charge in [0.1, 0.15) is 0 Å². The lowest BCUT2D eigenvalue weighted by atomic mass is 10.1. The van der Waals surface area contributed by atoms with Gasteiger partial charge in [-0.25, -0.2) is 0 Å². The largest absolute Gasteiger partial charge is 0.363 e. The number of anilines is 1. The predicted octanol–water partition coefficient (Wildman–Crippen LogP) is 3.78. The molecule has 1 heterocycles. The van der Waals surface area contributed by atoms with E-state index in [1.807, 2.05) is 11.8 Å². The highest BCUT2D eigenvalue weighted by atomic mass is 32.2. The first-order valence-electron chi connectivity index (χ1n) is 7.10. The van der Waals surface area contributed by atoms with Gasteiger partial charge in [-0.3, -0.25) is 0 Å². The van der Waals surface area contributed by atoms with Gasteiger partial charge in [0.15, 0.2) is 0 Å². The molecule has 20 heavy (non-hydrogen) atoms. The van der Waals surface area contributed by atoms with Crippen molar-refractivity contribution in [1.29, 1.82) is 0 Å². The Kier molecular flexibility index (Phi) is 3.99. The molecule has 0 aromatic heterocycles. The van der Waals surface area contributed by atoms with E-state index in [0.717, 1.165) is 18.8 Å². The van der Waals surface area contributed by atoms with Gasteiger partial charge in [0.05, 0.1) is 0 Å². The standard InChI is InChI=1S/C17H20N2S/c1-2-20-17-9-5-8-16(15(17)10-18)19-11-13-6-3-4-7-14(13)12-19/h3-9H,2,10-12,18H2,1H3. The molecule has 3 rings (SSSR count). The van der Waals surface area contributed by atoms with Crippen LogP contribution in [0.15, 0.2) is 47.4 Å². The highest BCUT2D eigenvalue weighted by molar-refractivity contribution is 7.99. The lowest BCUT2D eigenvalue weighted by molar-refractivity contribution is 0.857. The highest BCUT2D eigenvalue weighted by Crippen LogP contribution is 2.35. The van der Waals surface area contributed by atoms with Crippen molar-refractivity contribution >= 4 is 17.4 Å². The van der Waals surface area contributed by atoms with E-state index in [9.17, 15) is 0 Å². The van der Waals surface area contributed by atoms with Crippen molar-refractivity contribution in [3.05, 3.63) is 59.2 Å². The lowest BCUT2D eigenvalue weighted by Gasteiger charge is -2.23. The van der Waals surface area contributed by atoms with Crippen molar-refractivity contribution < 1.29 is 0 Å². The molecule has 0 saturated heterocycles. The van der Waals surface area contributed by atoms with E-state index < -0.39 is 0 Å². The summed E-state index contributed by atoms with van der Waals surface area (Å²) < 4.78 is 0. The normalized spacial score (nSPS) is 13.6. The fourth-order valence-electron chi connectivity index (χ4n) is 2.85. The fourth-order valence-corrected chi connectivity index (χ4v) is 3.70. The van der Waals surface area contributed by atoms with Crippen molar-refractivity contribution in [1.82, 2.24) is 0 Å². The maximum absolute atomic E-state index is 6.01. The molecule has 0 atom stereocenters. The molecule has 0 saturated carbocycles. The summed E-state index contributed by atoms with van der Waals surface area (Å²) in [4.78, 5) is 3.76. The average Bonchev–Trinajstić information content (AvgIpc) is 2.91. The van der Waals surface area contributed by atoms with E-state index in [2.05, 4.69) is 54.3 Å². The number of rotatable bonds is 4. The van der Waals surface area contributed by atoms with E-state index in [1.54, 1.807) is 0 Å². The topological polar surface area (TPSA) is 29.3 Å². The molecular weight excluding hydrogens is 264 g/mol. The van der Waals surface area contributed by atoms with Gasteiger partial charge in [0.2, 0.25) is 0 Å². The molecule has 1 aliphatic heterocycles. The Morgan fingerprint density at radius 3 is 2.35 bits per heavy atom. The molecule has 1 aliphatic rings. The Labute approximate surface area is 125 Å². The van der Waals surface area contributed by atoms with E-state index >= 15 is 0 Å². The summed E-state index contributed by atoms with van der Waals surface area (Å²) in [6, 6.07) is 15.2. The van der Waals surface area contributed by atoms with Crippen LogP contribution in [0.1, 0.15) is 23.6 Å². The summed E-state index contributed by atoms with van der Waals surface area (Å²) in [5, 5.41) is 0. The van der Waals surface area contributed by atoms with Crippen LogP contribution >= 0.6 is 11.8 Å². The average molecular weight is 284 g/mol. The van der Waals surface area contributed by atoms with Crippen molar-refractivity contribution in [2.24, 2.45) is 5.73 Å². The molecule has 2 N–H and O–H groups in total. The molecule has 0 radical (unpaired) electrons. The molecule has 3 heteroatoms. The van der Waals surface area contributed by atoms with Gasteiger partial charge in [-0.1, -0.05) is 37.3 Å². The van der Waals surface area contributed by atoms with Gasteiger partial charge in [-0.2, -0.15) is 0 Å². The number of benzene rings is 2. The van der Waals surface area contributed by atoms with Gasteiger partial charge >= 0.3 is 0 Å². The fraction of sp³-hybridized carbons (Fsp3) is 0.294. The van der Waals surface area contributed by atoms with Crippen LogP contribution in [0.2, 0.25) is 0 Å². The van der Waals surface area contributed by atoms with Crippen LogP contribution in [-0.2, 0) is 19.6 Å². The molecule has 2 aromatic rings. The van der Waals surface area contributed by atoms with Crippen molar-refractivity contribution in [2.45, 2.75) is 31.5 Å². The number of hydrogen-bond acceptors (Lipinski definition) is 3. The summed E-state index contributed by atoms with van der Waals surface area (Å²) in [5.74, 6) is 1.08. The van der Waals surface area contributed by atoms with Crippen LogP contribution in [0.5, 0.6) is 0 Å². The molecule has 0 unspecified atom stereocenters. The molecule has 104 valence electrons. The SMILES string of the molecule is CCSc1cccc(N2Cc3ccccc3C2)c1CN. The van der Waals surface area contributed by atoms with Gasteiger partial charge in [0, 0.05) is 35.8 Å². The molecule has 0 fully saturated rings. The lowest BCUT2D eigenvalue weighted by Crippen LogP contribution is -2.18. The maximum atomic E-state index is 6.01. The van der Waals surface area contributed by atoms with Crippen LogP contribution < -0.4 is 10.6 Å². The third kappa shape index (κ3) is 2.43. The first kappa shape index (κ1) is 13.5. The summed E-state index contributed by atoms with van der Waals surface area (Å²) in [6.07, 6.45) is 0. The zero-order valence-electron chi connectivity index (χ0n) is 11.8. The van der Waals surface area contributed by atoms with Crippen LogP contribution in [0.25, 0.3) is 0 Å². The van der Waals surface area contributed by atoms with Gasteiger partial charge < -0.3 is 10.6 Å². The van der Waals surface area contributed by atoms with Crippen molar-refractivity contribution in [3.63, 3.8) is 0 Å². The monoisotopic (exact) mass is 284 g/mol. The zero-order valence-corrected chi connectivity index (χ0v) is 12.6. The molecule has 0 amide bonds. The number of nitrogens with two attached hydrogens (primary N) is 1. The Hall–Kier alpha value is -1.45. The number of nitrogens with zero attached hydrogens (tertiary/aromatic N) is 1. The Bertz CT molecular complexity index is 585. The molecular formula is C17H20N2S. The van der Waals surface area contributed by atoms with Gasteiger partial charge in [-0.05, 0) is 29.0 Å². The smallest absolute Gasteiger partial charge is 0.0436 e. The Morgan fingerprint density at radius 1 is 1.05 bits per heavy atom. The summed E-state index contributed by atoms with van der Waals surface area (Å²) in [6.45, 7) is 4.77. The van der Waals surface area contributed by atoms with Crippen LogP contribution in [0.4, 0.5) is 5.69 Å². The van der Waals surface area contributed by atoms with Crippen LogP contribution in [0, 0.1) is 0 Å². The molecule has 2 aromatic carbocycles. The minimum atomic E-state index is 0.603. The summed E-state index contributed by atoms with van der Waals surface area (Å²) >= 11 is 1.88. The van der Waals surface area contributed by atoms with E-state index in [-0.39, 0.29) is 0 Å². The second-order valence-corrected chi connectivity index (χ2v) is 6.32. The molecule has 0 aliphatic carbocycles.